The van der Waals surface area contributed by atoms with Gasteiger partial charge in [0.05, 0.1) is 11.3 Å². The lowest BCUT2D eigenvalue weighted by Gasteiger charge is -2.18. The number of aromatic nitrogens is 1. The smallest absolute Gasteiger partial charge is 0.335 e. The first-order valence-corrected chi connectivity index (χ1v) is 8.95. The van der Waals surface area contributed by atoms with E-state index < -0.39 is 5.97 Å². The Kier molecular flexibility index (Phi) is 7.11. The number of carboxylic acid groups (broad SMARTS) is 1. The van der Waals surface area contributed by atoms with Crippen LogP contribution in [0.25, 0.3) is 16.8 Å². The predicted molar refractivity (Wildman–Crippen MR) is 108 cm³/mol. The summed E-state index contributed by atoms with van der Waals surface area (Å²) < 4.78 is 0. The zero-order valence-electron chi connectivity index (χ0n) is 15.7. The Bertz CT molecular complexity index is 816. The van der Waals surface area contributed by atoms with Crippen LogP contribution in [0.3, 0.4) is 0 Å². The molecule has 1 aromatic heterocycles. The van der Waals surface area contributed by atoms with Gasteiger partial charge in [-0.05, 0) is 24.1 Å². The molecule has 27 heavy (non-hydrogen) atoms. The number of hydrogen-bond donors (Lipinski definition) is 2. The molecule has 1 aromatic carbocycles. The van der Waals surface area contributed by atoms with Gasteiger partial charge in [-0.1, -0.05) is 56.7 Å². The molecular formula is C21H25N3O3. The second-order valence-corrected chi connectivity index (χ2v) is 6.24. The second kappa shape index (κ2) is 9.52. The van der Waals surface area contributed by atoms with Gasteiger partial charge in [-0.25, -0.2) is 14.6 Å². The number of aliphatic carboxylic acids is 1. The van der Waals surface area contributed by atoms with E-state index in [4.69, 9.17) is 5.11 Å². The van der Waals surface area contributed by atoms with Crippen LogP contribution in [0, 0.1) is 0 Å². The van der Waals surface area contributed by atoms with Gasteiger partial charge in [0.2, 0.25) is 0 Å². The van der Waals surface area contributed by atoms with Crippen molar-refractivity contribution in [2.45, 2.75) is 26.2 Å². The van der Waals surface area contributed by atoms with Crippen LogP contribution in [-0.4, -0.2) is 35.7 Å². The Hall–Kier alpha value is -3.15. The Morgan fingerprint density at radius 3 is 2.48 bits per heavy atom. The summed E-state index contributed by atoms with van der Waals surface area (Å²) in [6, 6.07) is 12.2. The highest BCUT2D eigenvalue weighted by Gasteiger charge is 2.13. The van der Waals surface area contributed by atoms with Crippen LogP contribution in [0.1, 0.15) is 31.7 Å². The van der Waals surface area contributed by atoms with Crippen molar-refractivity contribution in [2.24, 2.45) is 0 Å². The zero-order chi connectivity index (χ0) is 19.8. The molecule has 6 heteroatoms. The third kappa shape index (κ3) is 5.41. The number of unbranched alkanes of at least 4 members (excludes halogenated alkanes) is 2. The van der Waals surface area contributed by atoms with Crippen LogP contribution >= 0.6 is 0 Å². The fourth-order valence-electron chi connectivity index (χ4n) is 2.53. The van der Waals surface area contributed by atoms with Crippen molar-refractivity contribution in [1.29, 1.82) is 0 Å². The number of hydrogen-bond acceptors (Lipinski definition) is 3. The first kappa shape index (κ1) is 20.2. The monoisotopic (exact) mass is 367 g/mol. The molecule has 0 saturated heterocycles. The van der Waals surface area contributed by atoms with Gasteiger partial charge in [0.25, 0.3) is 0 Å². The number of rotatable bonds is 8. The molecule has 0 fully saturated rings. The molecule has 0 bridgehead atoms. The molecule has 2 aromatic rings. The number of carboxylic acids is 1. The van der Waals surface area contributed by atoms with Crippen molar-refractivity contribution in [1.82, 2.24) is 10.3 Å². The molecule has 2 amide bonds. The third-order valence-electron chi connectivity index (χ3n) is 4.23. The quantitative estimate of drug-likeness (QED) is 0.541. The van der Waals surface area contributed by atoms with Crippen molar-refractivity contribution in [3.63, 3.8) is 0 Å². The van der Waals surface area contributed by atoms with E-state index in [0.717, 1.165) is 24.8 Å². The van der Waals surface area contributed by atoms with E-state index in [1.807, 2.05) is 12.1 Å². The first-order chi connectivity index (χ1) is 12.9. The Labute approximate surface area is 159 Å². The van der Waals surface area contributed by atoms with Crippen molar-refractivity contribution in [3.8, 4) is 11.3 Å². The van der Waals surface area contributed by atoms with Crippen molar-refractivity contribution in [3.05, 3.63) is 54.6 Å². The number of nitrogens with one attached hydrogen (secondary N) is 1. The van der Waals surface area contributed by atoms with E-state index in [-0.39, 0.29) is 11.6 Å². The SMILES string of the molecule is C=C(C(=O)O)c1ccc(-c2cccc(N(C)C(=O)NCCCCC)n2)cc1. The summed E-state index contributed by atoms with van der Waals surface area (Å²) in [6.07, 6.45) is 3.15. The van der Waals surface area contributed by atoms with Crippen molar-refractivity contribution < 1.29 is 14.7 Å². The standard InChI is InChI=1S/C21H25N3O3/c1-4-5-6-14-22-21(27)24(3)19-9-7-8-18(23-19)17-12-10-16(11-13-17)15(2)20(25)26/h7-13H,2,4-6,14H2,1,3H3,(H,22,27)(H,25,26). The van der Waals surface area contributed by atoms with Crippen LogP contribution in [-0.2, 0) is 4.79 Å². The van der Waals surface area contributed by atoms with Gasteiger partial charge in [0.1, 0.15) is 5.82 Å². The van der Waals surface area contributed by atoms with Gasteiger partial charge in [-0.2, -0.15) is 0 Å². The van der Waals surface area contributed by atoms with E-state index in [9.17, 15) is 9.59 Å². The maximum Gasteiger partial charge on any atom is 0.335 e. The lowest BCUT2D eigenvalue weighted by Crippen LogP contribution is -2.38. The van der Waals surface area contributed by atoms with E-state index in [1.54, 1.807) is 37.4 Å². The van der Waals surface area contributed by atoms with E-state index in [2.05, 4.69) is 23.8 Å². The van der Waals surface area contributed by atoms with Crippen molar-refractivity contribution >= 4 is 23.4 Å². The third-order valence-corrected chi connectivity index (χ3v) is 4.23. The van der Waals surface area contributed by atoms with Crippen molar-refractivity contribution in [2.75, 3.05) is 18.5 Å². The second-order valence-electron chi connectivity index (χ2n) is 6.24. The summed E-state index contributed by atoms with van der Waals surface area (Å²) in [5, 5.41) is 11.9. The molecule has 6 nitrogen and oxygen atoms in total. The zero-order valence-corrected chi connectivity index (χ0v) is 15.7. The highest BCUT2D eigenvalue weighted by Crippen LogP contribution is 2.22. The molecule has 2 N–H and O–H groups in total. The minimum absolute atomic E-state index is 0.0442. The molecule has 0 aliphatic heterocycles. The minimum Gasteiger partial charge on any atom is -0.478 e. The topological polar surface area (TPSA) is 82.5 Å². The number of nitrogens with zero attached hydrogens (tertiary/aromatic N) is 2. The highest BCUT2D eigenvalue weighted by molar-refractivity contribution is 6.14. The first-order valence-electron chi connectivity index (χ1n) is 8.95. The predicted octanol–water partition coefficient (Wildman–Crippen LogP) is 4.18. The summed E-state index contributed by atoms with van der Waals surface area (Å²) >= 11 is 0. The summed E-state index contributed by atoms with van der Waals surface area (Å²) in [5.41, 5.74) is 2.12. The van der Waals surface area contributed by atoms with Gasteiger partial charge in [0.15, 0.2) is 0 Å². The van der Waals surface area contributed by atoms with Gasteiger partial charge in [-0.3, -0.25) is 4.90 Å². The number of urea groups is 1. The molecule has 142 valence electrons. The Morgan fingerprint density at radius 1 is 1.15 bits per heavy atom. The average Bonchev–Trinajstić information content (AvgIpc) is 2.70. The molecule has 0 aliphatic rings. The summed E-state index contributed by atoms with van der Waals surface area (Å²) in [6.45, 7) is 6.32. The maximum absolute atomic E-state index is 12.2. The maximum atomic E-state index is 12.2. The minimum atomic E-state index is -1.05. The highest BCUT2D eigenvalue weighted by atomic mass is 16.4. The van der Waals surface area contributed by atoms with Crippen LogP contribution in [0.5, 0.6) is 0 Å². The van der Waals surface area contributed by atoms with Crippen LogP contribution in [0.2, 0.25) is 0 Å². The molecular weight excluding hydrogens is 342 g/mol. The number of carbonyl (C=O) groups is 2. The van der Waals surface area contributed by atoms with Gasteiger partial charge >= 0.3 is 12.0 Å². The molecule has 2 rings (SSSR count). The van der Waals surface area contributed by atoms with E-state index in [0.29, 0.717) is 23.6 Å². The number of benzene rings is 1. The summed E-state index contributed by atoms with van der Waals surface area (Å²) in [5.74, 6) is -0.506. The van der Waals surface area contributed by atoms with Crippen LogP contribution < -0.4 is 10.2 Å². The van der Waals surface area contributed by atoms with Crippen LogP contribution in [0.15, 0.2) is 49.0 Å². The van der Waals surface area contributed by atoms with E-state index in [1.165, 1.54) is 4.90 Å². The number of anilines is 1. The summed E-state index contributed by atoms with van der Waals surface area (Å²) in [4.78, 5) is 29.3. The Morgan fingerprint density at radius 2 is 1.85 bits per heavy atom. The molecule has 0 atom stereocenters. The number of carbonyl (C=O) groups excluding carboxylic acids is 1. The molecule has 0 radical (unpaired) electrons. The number of pyridine rings is 1. The van der Waals surface area contributed by atoms with Gasteiger partial charge in [-0.15, -0.1) is 0 Å². The molecule has 0 aliphatic carbocycles. The molecule has 0 unspecified atom stereocenters. The molecule has 0 spiro atoms. The van der Waals surface area contributed by atoms with Gasteiger partial charge in [0, 0.05) is 19.2 Å². The van der Waals surface area contributed by atoms with E-state index >= 15 is 0 Å². The average molecular weight is 367 g/mol. The fourth-order valence-corrected chi connectivity index (χ4v) is 2.53. The Balaban J connectivity index is 2.11. The lowest BCUT2D eigenvalue weighted by atomic mass is 10.0. The molecule has 0 saturated carbocycles. The fraction of sp³-hybridized carbons (Fsp3) is 0.286. The normalized spacial score (nSPS) is 10.3. The van der Waals surface area contributed by atoms with Gasteiger partial charge < -0.3 is 10.4 Å². The molecule has 1 heterocycles. The largest absolute Gasteiger partial charge is 0.478 e. The lowest BCUT2D eigenvalue weighted by molar-refractivity contribution is -0.130. The number of amides is 2. The van der Waals surface area contributed by atoms with Crippen LogP contribution in [0.4, 0.5) is 10.6 Å². The summed E-state index contributed by atoms with van der Waals surface area (Å²) in [7, 11) is 1.68.